The van der Waals surface area contributed by atoms with Crippen molar-refractivity contribution in [2.45, 2.75) is 64.5 Å². The van der Waals surface area contributed by atoms with E-state index in [1.165, 1.54) is 5.01 Å². The van der Waals surface area contributed by atoms with E-state index in [9.17, 15) is 19.5 Å². The molecule has 4 aliphatic rings. The monoisotopic (exact) mass is 559 g/mol. The number of nitrogens with zero attached hydrogens (tertiary/aromatic N) is 3. The number of hydrogen-bond donors (Lipinski definition) is 3. The molecular formula is C28H38ClN5O5. The molecule has 1 aromatic rings. The molecule has 2 aliphatic heterocycles. The Kier molecular flexibility index (Phi) is 7.22. The van der Waals surface area contributed by atoms with Gasteiger partial charge in [-0.3, -0.25) is 14.4 Å². The summed E-state index contributed by atoms with van der Waals surface area (Å²) in [5, 5.41) is 12.0. The lowest BCUT2D eigenvalue weighted by Crippen LogP contribution is -2.54. The summed E-state index contributed by atoms with van der Waals surface area (Å²) in [4.78, 5) is 43.7. The van der Waals surface area contributed by atoms with Crippen LogP contribution in [0.4, 0.5) is 0 Å². The second-order valence-electron chi connectivity index (χ2n) is 12.0. The second kappa shape index (κ2) is 10.2. The third-order valence-electron chi connectivity index (χ3n) is 9.06. The number of amides is 2. The lowest BCUT2D eigenvalue weighted by Gasteiger charge is -2.47. The standard InChI is InChI=1S/C28H38ClN5O5/c1-27(26(37)38)9-4-3-5-19(27)25(36)33-12-8-18-20(29)6-7-21(39-15-17(30)14-32(2)31)23(18)24(33)34-16-28(10-11-28)13-22(34)35/h6-7,14,19,24H,3-5,8-13,15-16,30-31H2,1-2H3,(H,37,38)/b17-14-/t19-,24?,27-/m0/s1. The maximum Gasteiger partial charge on any atom is 0.310 e. The number of benzene rings is 1. The first-order valence-corrected chi connectivity index (χ1v) is 14.0. The van der Waals surface area contributed by atoms with Crippen LogP contribution in [0.25, 0.3) is 0 Å². The second-order valence-corrected chi connectivity index (χ2v) is 12.4. The van der Waals surface area contributed by atoms with E-state index < -0.39 is 23.5 Å². The summed E-state index contributed by atoms with van der Waals surface area (Å²) in [7, 11) is 1.65. The van der Waals surface area contributed by atoms with E-state index in [1.807, 2.05) is 0 Å². The average molecular weight is 560 g/mol. The summed E-state index contributed by atoms with van der Waals surface area (Å²) in [6.45, 7) is 2.61. The van der Waals surface area contributed by atoms with Crippen molar-refractivity contribution in [3.8, 4) is 5.75 Å². The van der Waals surface area contributed by atoms with Gasteiger partial charge in [-0.25, -0.2) is 5.84 Å². The fraction of sp³-hybridized carbons (Fsp3) is 0.607. The summed E-state index contributed by atoms with van der Waals surface area (Å²) in [6, 6.07) is 3.51. The number of carboxylic acid groups (broad SMARTS) is 1. The van der Waals surface area contributed by atoms with E-state index in [4.69, 9.17) is 27.9 Å². The van der Waals surface area contributed by atoms with Crippen LogP contribution in [0.3, 0.4) is 0 Å². The van der Waals surface area contributed by atoms with Crippen LogP contribution in [0.2, 0.25) is 5.02 Å². The van der Waals surface area contributed by atoms with Gasteiger partial charge in [0.1, 0.15) is 18.5 Å². The van der Waals surface area contributed by atoms with Crippen molar-refractivity contribution >= 4 is 29.4 Å². The molecule has 1 saturated heterocycles. The molecule has 1 spiro atoms. The van der Waals surface area contributed by atoms with E-state index in [0.717, 1.165) is 31.2 Å². The number of carbonyl (C=O) groups is 3. The summed E-state index contributed by atoms with van der Waals surface area (Å²) < 4.78 is 6.16. The average Bonchev–Trinajstić information content (AvgIpc) is 3.56. The first-order chi connectivity index (χ1) is 18.5. The van der Waals surface area contributed by atoms with Gasteiger partial charge in [0.05, 0.1) is 17.0 Å². The molecule has 0 bridgehead atoms. The molecule has 2 amide bonds. The van der Waals surface area contributed by atoms with E-state index >= 15 is 0 Å². The van der Waals surface area contributed by atoms with Crippen LogP contribution < -0.4 is 16.3 Å². The number of likely N-dealkylation sites (tertiary alicyclic amines) is 1. The summed E-state index contributed by atoms with van der Waals surface area (Å²) in [5.74, 6) is 4.30. The lowest BCUT2D eigenvalue weighted by atomic mass is 9.66. The molecule has 10 nitrogen and oxygen atoms in total. The molecule has 2 saturated carbocycles. The van der Waals surface area contributed by atoms with E-state index in [2.05, 4.69) is 0 Å². The first kappa shape index (κ1) is 27.6. The number of carbonyl (C=O) groups excluding carboxylic acids is 2. The van der Waals surface area contributed by atoms with E-state index in [1.54, 1.807) is 42.1 Å². The molecule has 2 aliphatic carbocycles. The minimum Gasteiger partial charge on any atom is -0.487 e. The van der Waals surface area contributed by atoms with Crippen molar-refractivity contribution in [1.82, 2.24) is 14.8 Å². The van der Waals surface area contributed by atoms with Crippen LogP contribution >= 0.6 is 11.6 Å². The van der Waals surface area contributed by atoms with E-state index in [0.29, 0.717) is 60.8 Å². The Labute approximate surface area is 233 Å². The predicted octanol–water partition coefficient (Wildman–Crippen LogP) is 3.00. The van der Waals surface area contributed by atoms with Crippen molar-refractivity contribution < 1.29 is 24.2 Å². The van der Waals surface area contributed by atoms with Gasteiger partial charge >= 0.3 is 5.97 Å². The minimum absolute atomic E-state index is 0.0112. The zero-order valence-electron chi connectivity index (χ0n) is 22.6. The Bertz CT molecular complexity index is 1210. The zero-order valence-corrected chi connectivity index (χ0v) is 23.4. The van der Waals surface area contributed by atoms with Gasteiger partial charge in [0.15, 0.2) is 0 Å². The van der Waals surface area contributed by atoms with Gasteiger partial charge in [0.2, 0.25) is 11.8 Å². The van der Waals surface area contributed by atoms with Crippen molar-refractivity contribution in [3.63, 3.8) is 0 Å². The van der Waals surface area contributed by atoms with Crippen LogP contribution in [0.5, 0.6) is 5.75 Å². The number of aliphatic carboxylic acids is 1. The fourth-order valence-corrected chi connectivity index (χ4v) is 6.91. The smallest absolute Gasteiger partial charge is 0.310 e. The van der Waals surface area contributed by atoms with Gasteiger partial charge < -0.3 is 30.4 Å². The van der Waals surface area contributed by atoms with Gasteiger partial charge in [-0.05, 0) is 62.1 Å². The topological polar surface area (TPSA) is 142 Å². The fourth-order valence-electron chi connectivity index (χ4n) is 6.65. The largest absolute Gasteiger partial charge is 0.487 e. The number of nitrogens with two attached hydrogens (primary N) is 2. The first-order valence-electron chi connectivity index (χ1n) is 13.7. The summed E-state index contributed by atoms with van der Waals surface area (Å²) in [6.07, 6.45) is 6.21. The predicted molar refractivity (Wildman–Crippen MR) is 145 cm³/mol. The Morgan fingerprint density at radius 3 is 2.67 bits per heavy atom. The summed E-state index contributed by atoms with van der Waals surface area (Å²) in [5.41, 5.74) is 6.79. The van der Waals surface area contributed by atoms with Gasteiger partial charge in [-0.2, -0.15) is 0 Å². The van der Waals surface area contributed by atoms with Crippen molar-refractivity contribution in [2.75, 3.05) is 26.7 Å². The molecule has 5 N–H and O–H groups in total. The Hall–Kier alpha value is -2.98. The molecular weight excluding hydrogens is 522 g/mol. The number of halogens is 1. The molecule has 5 rings (SSSR count). The van der Waals surface area contributed by atoms with Crippen LogP contribution in [0, 0.1) is 16.7 Å². The van der Waals surface area contributed by atoms with Gasteiger partial charge in [-0.1, -0.05) is 24.4 Å². The van der Waals surface area contributed by atoms with Crippen molar-refractivity contribution in [1.29, 1.82) is 0 Å². The Balaban J connectivity index is 1.57. The zero-order chi connectivity index (χ0) is 28.1. The number of carboxylic acids is 1. The van der Waals surface area contributed by atoms with Gasteiger partial charge in [-0.15, -0.1) is 0 Å². The molecule has 0 aromatic heterocycles. The number of hydrogen-bond acceptors (Lipinski definition) is 7. The number of hydrazine groups is 1. The molecule has 11 heteroatoms. The third kappa shape index (κ3) is 5.04. The van der Waals surface area contributed by atoms with Gasteiger partial charge in [0, 0.05) is 43.3 Å². The number of ether oxygens (including phenoxy) is 1. The van der Waals surface area contributed by atoms with Crippen LogP contribution in [0.15, 0.2) is 24.0 Å². The molecule has 2 heterocycles. The van der Waals surface area contributed by atoms with E-state index in [-0.39, 0.29) is 23.8 Å². The maximum atomic E-state index is 14.3. The highest BCUT2D eigenvalue weighted by molar-refractivity contribution is 6.31. The normalized spacial score (nSPS) is 27.9. The van der Waals surface area contributed by atoms with Crippen molar-refractivity contribution in [2.24, 2.45) is 28.3 Å². The number of rotatable bonds is 7. The minimum atomic E-state index is -1.16. The highest BCUT2D eigenvalue weighted by atomic mass is 35.5. The molecule has 1 unspecified atom stereocenters. The van der Waals surface area contributed by atoms with Crippen LogP contribution in [-0.4, -0.2) is 64.4 Å². The molecule has 1 aromatic carbocycles. The lowest BCUT2D eigenvalue weighted by molar-refractivity contribution is -0.165. The SMILES string of the molecule is CN(N)/C=C(\N)COc1ccc(Cl)c2c1C(N1CC3(CC3)CC1=O)N(C(=O)[C@@H]1CCCC[C@]1(C)C(=O)O)CC2. The molecule has 3 fully saturated rings. The van der Waals surface area contributed by atoms with Crippen LogP contribution in [0.1, 0.15) is 69.2 Å². The molecule has 3 atom stereocenters. The maximum absolute atomic E-state index is 14.3. The third-order valence-corrected chi connectivity index (χ3v) is 9.42. The van der Waals surface area contributed by atoms with Crippen LogP contribution in [-0.2, 0) is 20.8 Å². The number of fused-ring (bicyclic) bond motifs is 1. The van der Waals surface area contributed by atoms with Gasteiger partial charge in [0.25, 0.3) is 0 Å². The Morgan fingerprint density at radius 2 is 2.03 bits per heavy atom. The molecule has 0 radical (unpaired) electrons. The molecule has 212 valence electrons. The summed E-state index contributed by atoms with van der Waals surface area (Å²) >= 11 is 6.69. The quantitative estimate of drug-likeness (QED) is 0.342. The Morgan fingerprint density at radius 1 is 1.28 bits per heavy atom. The highest BCUT2D eigenvalue weighted by Gasteiger charge is 2.56. The molecule has 39 heavy (non-hydrogen) atoms. The van der Waals surface area contributed by atoms with Crippen molar-refractivity contribution in [3.05, 3.63) is 40.2 Å². The highest BCUT2D eigenvalue weighted by Crippen LogP contribution is 2.56.